The van der Waals surface area contributed by atoms with Crippen LogP contribution in [0.15, 0.2) is 60.7 Å². The molecule has 2 aromatic rings. The monoisotopic (exact) mass is 325 g/mol. The largest absolute Gasteiger partial charge is 0.370 e. The number of amides is 1. The second-order valence-electron chi connectivity index (χ2n) is 6.26. The van der Waals surface area contributed by atoms with Gasteiger partial charge < -0.3 is 15.0 Å². The molecular weight excluding hydrogens is 300 g/mol. The number of hydrogen-bond donors (Lipinski definition) is 2. The molecule has 0 spiro atoms. The fourth-order valence-electron chi connectivity index (χ4n) is 3.17. The molecule has 1 amide bonds. The van der Waals surface area contributed by atoms with Gasteiger partial charge in [0, 0.05) is 0 Å². The van der Waals surface area contributed by atoms with Crippen LogP contribution in [-0.4, -0.2) is 38.3 Å². The molecule has 1 aliphatic heterocycles. The number of benzene rings is 2. The third-order valence-corrected chi connectivity index (χ3v) is 4.69. The zero-order valence-electron chi connectivity index (χ0n) is 14.1. The van der Waals surface area contributed by atoms with Crippen molar-refractivity contribution in [2.24, 2.45) is 0 Å². The summed E-state index contributed by atoms with van der Waals surface area (Å²) in [6.07, 6.45) is 0. The van der Waals surface area contributed by atoms with Crippen LogP contribution in [0.2, 0.25) is 0 Å². The summed E-state index contributed by atoms with van der Waals surface area (Å²) in [5.41, 5.74) is 2.20. The molecule has 1 fully saturated rings. The number of hydrogen-bond acceptors (Lipinski definition) is 2. The molecular formula is C20H25N2O2+. The van der Waals surface area contributed by atoms with E-state index in [1.807, 2.05) is 43.3 Å². The van der Waals surface area contributed by atoms with Crippen molar-refractivity contribution in [1.82, 2.24) is 5.32 Å². The summed E-state index contributed by atoms with van der Waals surface area (Å²) in [5.74, 6) is 0.0876. The van der Waals surface area contributed by atoms with Gasteiger partial charge >= 0.3 is 0 Å². The molecule has 0 aromatic heterocycles. The lowest BCUT2D eigenvalue weighted by Crippen LogP contribution is -3.18. The maximum Gasteiger partial charge on any atom is 0.278 e. The summed E-state index contributed by atoms with van der Waals surface area (Å²) in [6.45, 7) is 5.23. The second kappa shape index (κ2) is 8.08. The van der Waals surface area contributed by atoms with Gasteiger partial charge in [0.25, 0.3) is 5.91 Å². The zero-order chi connectivity index (χ0) is 16.8. The first-order valence-electron chi connectivity index (χ1n) is 8.58. The average Bonchev–Trinajstić information content (AvgIpc) is 2.67. The van der Waals surface area contributed by atoms with E-state index >= 15 is 0 Å². The Kier molecular flexibility index (Phi) is 5.62. The molecule has 4 heteroatoms. The van der Waals surface area contributed by atoms with E-state index in [9.17, 15) is 4.79 Å². The molecule has 1 saturated heterocycles. The third-order valence-electron chi connectivity index (χ3n) is 4.69. The Morgan fingerprint density at radius 2 is 1.46 bits per heavy atom. The van der Waals surface area contributed by atoms with Crippen molar-refractivity contribution in [3.63, 3.8) is 0 Å². The molecule has 2 N–H and O–H groups in total. The van der Waals surface area contributed by atoms with Crippen LogP contribution in [0.25, 0.3) is 0 Å². The second-order valence-corrected chi connectivity index (χ2v) is 6.26. The van der Waals surface area contributed by atoms with Gasteiger partial charge in [-0.1, -0.05) is 60.7 Å². The molecule has 1 atom stereocenters. The lowest BCUT2D eigenvalue weighted by Gasteiger charge is -2.30. The molecule has 0 aliphatic carbocycles. The predicted octanol–water partition coefficient (Wildman–Crippen LogP) is 1.20. The Morgan fingerprint density at radius 1 is 0.958 bits per heavy atom. The van der Waals surface area contributed by atoms with E-state index in [-0.39, 0.29) is 18.0 Å². The first kappa shape index (κ1) is 16.7. The lowest BCUT2D eigenvalue weighted by atomic mass is 9.98. The standard InChI is InChI=1S/C20H24N2O2/c1-16(22-12-14-24-15-13-22)20(23)21-19(17-8-4-2-5-9-17)18-10-6-3-7-11-18/h2-11,16,19H,12-15H2,1H3,(H,21,23)/p+1/t16-/m1/s1. The van der Waals surface area contributed by atoms with E-state index < -0.39 is 0 Å². The Morgan fingerprint density at radius 3 is 1.96 bits per heavy atom. The Labute approximate surface area is 143 Å². The molecule has 4 nitrogen and oxygen atoms in total. The molecule has 0 radical (unpaired) electrons. The van der Waals surface area contributed by atoms with E-state index in [2.05, 4.69) is 29.6 Å². The van der Waals surface area contributed by atoms with E-state index in [0.29, 0.717) is 0 Å². The van der Waals surface area contributed by atoms with Gasteiger partial charge in [0.2, 0.25) is 0 Å². The Hall–Kier alpha value is -2.17. The minimum Gasteiger partial charge on any atom is -0.370 e. The van der Waals surface area contributed by atoms with Crippen molar-refractivity contribution in [3.8, 4) is 0 Å². The van der Waals surface area contributed by atoms with Gasteiger partial charge in [-0.05, 0) is 18.1 Å². The first-order chi connectivity index (χ1) is 11.8. The fourth-order valence-corrected chi connectivity index (χ4v) is 3.17. The van der Waals surface area contributed by atoms with Crippen molar-refractivity contribution < 1.29 is 14.4 Å². The molecule has 0 bridgehead atoms. The SMILES string of the molecule is C[C@H](C(=O)NC(c1ccccc1)c1ccccc1)[NH+]1CCOCC1. The van der Waals surface area contributed by atoms with Gasteiger partial charge in [-0.2, -0.15) is 0 Å². The Bertz CT molecular complexity index is 600. The molecule has 1 aliphatic rings. The molecule has 0 unspecified atom stereocenters. The van der Waals surface area contributed by atoms with Crippen molar-refractivity contribution in [2.75, 3.05) is 26.3 Å². The minimum absolute atomic E-state index is 0.0798. The number of ether oxygens (including phenoxy) is 1. The molecule has 1 heterocycles. The highest BCUT2D eigenvalue weighted by atomic mass is 16.5. The number of rotatable bonds is 5. The van der Waals surface area contributed by atoms with Crippen LogP contribution >= 0.6 is 0 Å². The van der Waals surface area contributed by atoms with Gasteiger partial charge in [0.15, 0.2) is 6.04 Å². The number of nitrogens with one attached hydrogen (secondary N) is 2. The summed E-state index contributed by atoms with van der Waals surface area (Å²) in [6, 6.07) is 20.1. The number of morpholine rings is 1. The summed E-state index contributed by atoms with van der Waals surface area (Å²) in [5, 5.41) is 3.25. The number of carbonyl (C=O) groups excluding carboxylic acids is 1. The maximum absolute atomic E-state index is 12.8. The smallest absolute Gasteiger partial charge is 0.278 e. The van der Waals surface area contributed by atoms with Crippen molar-refractivity contribution >= 4 is 5.91 Å². The van der Waals surface area contributed by atoms with E-state index in [1.165, 1.54) is 4.90 Å². The van der Waals surface area contributed by atoms with Crippen LogP contribution in [0, 0.1) is 0 Å². The van der Waals surface area contributed by atoms with Crippen LogP contribution in [-0.2, 0) is 9.53 Å². The summed E-state index contributed by atoms with van der Waals surface area (Å²) in [4.78, 5) is 14.1. The van der Waals surface area contributed by atoms with E-state index in [1.54, 1.807) is 0 Å². The molecule has 126 valence electrons. The highest BCUT2D eigenvalue weighted by Gasteiger charge is 2.29. The minimum atomic E-state index is -0.122. The van der Waals surface area contributed by atoms with Crippen LogP contribution in [0.1, 0.15) is 24.1 Å². The van der Waals surface area contributed by atoms with Gasteiger partial charge in [-0.25, -0.2) is 0 Å². The average molecular weight is 325 g/mol. The van der Waals surface area contributed by atoms with Gasteiger partial charge in [-0.3, -0.25) is 4.79 Å². The van der Waals surface area contributed by atoms with Gasteiger partial charge in [-0.15, -0.1) is 0 Å². The normalized spacial score (nSPS) is 16.8. The van der Waals surface area contributed by atoms with Gasteiger partial charge in [0.05, 0.1) is 19.3 Å². The quantitative estimate of drug-likeness (QED) is 0.867. The fraction of sp³-hybridized carbons (Fsp3) is 0.350. The van der Waals surface area contributed by atoms with Crippen LogP contribution in [0.4, 0.5) is 0 Å². The molecule has 0 saturated carbocycles. The van der Waals surface area contributed by atoms with E-state index in [0.717, 1.165) is 37.4 Å². The van der Waals surface area contributed by atoms with Crippen molar-refractivity contribution in [3.05, 3.63) is 71.8 Å². The number of quaternary nitrogens is 1. The van der Waals surface area contributed by atoms with Gasteiger partial charge in [0.1, 0.15) is 13.1 Å². The first-order valence-corrected chi connectivity index (χ1v) is 8.58. The summed E-state index contributed by atoms with van der Waals surface area (Å²) in [7, 11) is 0. The molecule has 2 aromatic carbocycles. The van der Waals surface area contributed by atoms with Crippen LogP contribution in [0.3, 0.4) is 0 Å². The van der Waals surface area contributed by atoms with Crippen LogP contribution in [0.5, 0.6) is 0 Å². The van der Waals surface area contributed by atoms with E-state index in [4.69, 9.17) is 4.74 Å². The highest BCUT2D eigenvalue weighted by Crippen LogP contribution is 2.21. The lowest BCUT2D eigenvalue weighted by molar-refractivity contribution is -0.921. The van der Waals surface area contributed by atoms with Crippen LogP contribution < -0.4 is 10.2 Å². The van der Waals surface area contributed by atoms with Crippen molar-refractivity contribution in [1.29, 1.82) is 0 Å². The Balaban J connectivity index is 1.77. The predicted molar refractivity (Wildman–Crippen MR) is 93.8 cm³/mol. The summed E-state index contributed by atoms with van der Waals surface area (Å²) >= 11 is 0. The topological polar surface area (TPSA) is 42.8 Å². The van der Waals surface area contributed by atoms with Crippen molar-refractivity contribution in [2.45, 2.75) is 19.0 Å². The maximum atomic E-state index is 12.8. The molecule has 24 heavy (non-hydrogen) atoms. The number of carbonyl (C=O) groups is 1. The molecule has 3 rings (SSSR count). The summed E-state index contributed by atoms with van der Waals surface area (Å²) < 4.78 is 5.40. The highest BCUT2D eigenvalue weighted by molar-refractivity contribution is 5.80. The zero-order valence-corrected chi connectivity index (χ0v) is 14.1. The third kappa shape index (κ3) is 4.02.